The van der Waals surface area contributed by atoms with Gasteiger partial charge in [-0.25, -0.2) is 0 Å². The molecule has 0 radical (unpaired) electrons. The average molecular weight is 338 g/mol. The van der Waals surface area contributed by atoms with Crippen LogP contribution >= 0.6 is 0 Å². The highest BCUT2D eigenvalue weighted by atomic mass is 16.3. The van der Waals surface area contributed by atoms with E-state index in [-0.39, 0.29) is 22.8 Å². The summed E-state index contributed by atoms with van der Waals surface area (Å²) in [5.74, 6) is -3.12. The molecule has 6 heteroatoms. The van der Waals surface area contributed by atoms with Gasteiger partial charge in [0.25, 0.3) is 5.91 Å². The number of nitrogens with one attached hydrogen (secondary N) is 1. The van der Waals surface area contributed by atoms with Crippen LogP contribution in [0.1, 0.15) is 52.0 Å². The molecule has 6 nitrogen and oxygen atoms in total. The highest BCUT2D eigenvalue weighted by Crippen LogP contribution is 2.16. The van der Waals surface area contributed by atoms with Crippen LogP contribution in [-0.4, -0.2) is 23.0 Å². The van der Waals surface area contributed by atoms with Crippen molar-refractivity contribution in [3.8, 4) is 6.07 Å². The zero-order chi connectivity index (χ0) is 18.6. The summed E-state index contributed by atoms with van der Waals surface area (Å²) in [6.07, 6.45) is 1.30. The van der Waals surface area contributed by atoms with Gasteiger partial charge in [-0.3, -0.25) is 14.4 Å². The standard InChI is InChI=1S/C19H18N2O4/c1-19(2,3)21-18(24)13-8-6-12(7-9-13)16(22)14(11-20)17(23)15-5-4-10-25-15/h4-10,14H,1-3H3,(H,21,24). The molecule has 2 rings (SSSR count). The first-order valence-electron chi connectivity index (χ1n) is 7.67. The smallest absolute Gasteiger partial charge is 0.251 e. The number of hydrogen-bond donors (Lipinski definition) is 1. The lowest BCUT2D eigenvalue weighted by molar-refractivity contribution is 0.0827. The fourth-order valence-corrected chi connectivity index (χ4v) is 2.16. The third-order valence-corrected chi connectivity index (χ3v) is 3.34. The van der Waals surface area contributed by atoms with Gasteiger partial charge < -0.3 is 9.73 Å². The van der Waals surface area contributed by atoms with Crippen LogP contribution in [0.3, 0.4) is 0 Å². The molecule has 2 aromatic rings. The molecule has 128 valence electrons. The van der Waals surface area contributed by atoms with E-state index < -0.39 is 17.5 Å². The number of nitrogens with zero attached hydrogens (tertiary/aromatic N) is 1. The van der Waals surface area contributed by atoms with Crippen molar-refractivity contribution in [2.45, 2.75) is 26.3 Å². The van der Waals surface area contributed by atoms with E-state index in [9.17, 15) is 19.6 Å². The minimum Gasteiger partial charge on any atom is -0.461 e. The summed E-state index contributed by atoms with van der Waals surface area (Å²) >= 11 is 0. The maximum Gasteiger partial charge on any atom is 0.251 e. The molecule has 1 atom stereocenters. The summed E-state index contributed by atoms with van der Waals surface area (Å²) in [4.78, 5) is 36.7. The Labute approximate surface area is 145 Å². The highest BCUT2D eigenvalue weighted by Gasteiger charge is 2.30. The second kappa shape index (κ2) is 7.14. The summed E-state index contributed by atoms with van der Waals surface area (Å²) in [6.45, 7) is 5.58. The van der Waals surface area contributed by atoms with Gasteiger partial charge in [0.15, 0.2) is 17.5 Å². The Kier molecular flexibility index (Phi) is 5.18. The number of hydrogen-bond acceptors (Lipinski definition) is 5. The number of furan rings is 1. The lowest BCUT2D eigenvalue weighted by atomic mass is 9.93. The number of carbonyl (C=O) groups excluding carboxylic acids is 3. The average Bonchev–Trinajstić information content (AvgIpc) is 3.08. The van der Waals surface area contributed by atoms with Crippen molar-refractivity contribution in [2.24, 2.45) is 5.92 Å². The minimum absolute atomic E-state index is 0.0407. The Morgan fingerprint density at radius 2 is 1.64 bits per heavy atom. The quantitative estimate of drug-likeness (QED) is 0.667. The van der Waals surface area contributed by atoms with Crippen LogP contribution < -0.4 is 5.32 Å². The Bertz CT molecular complexity index is 822. The summed E-state index contributed by atoms with van der Waals surface area (Å²) in [5, 5.41) is 12.0. The van der Waals surface area contributed by atoms with Gasteiger partial charge in [0, 0.05) is 16.7 Å². The zero-order valence-corrected chi connectivity index (χ0v) is 14.2. The first kappa shape index (κ1) is 18.1. The number of amides is 1. The molecule has 0 spiro atoms. The maximum absolute atomic E-state index is 12.4. The molecule has 1 N–H and O–H groups in total. The number of nitriles is 1. The Morgan fingerprint density at radius 1 is 1.04 bits per heavy atom. The van der Waals surface area contributed by atoms with Crippen LogP contribution in [0.15, 0.2) is 47.1 Å². The van der Waals surface area contributed by atoms with E-state index in [4.69, 9.17) is 4.42 Å². The Balaban J connectivity index is 2.18. The van der Waals surface area contributed by atoms with Crippen LogP contribution in [0.5, 0.6) is 0 Å². The second-order valence-electron chi connectivity index (χ2n) is 6.55. The van der Waals surface area contributed by atoms with Gasteiger partial charge in [-0.2, -0.15) is 5.26 Å². The van der Waals surface area contributed by atoms with Gasteiger partial charge in [0.05, 0.1) is 12.3 Å². The van der Waals surface area contributed by atoms with Gasteiger partial charge in [-0.1, -0.05) is 12.1 Å². The first-order valence-corrected chi connectivity index (χ1v) is 7.67. The number of benzene rings is 1. The van der Waals surface area contributed by atoms with Crippen molar-refractivity contribution in [1.82, 2.24) is 5.32 Å². The van der Waals surface area contributed by atoms with Crippen LogP contribution in [0.4, 0.5) is 0 Å². The van der Waals surface area contributed by atoms with Crippen molar-refractivity contribution >= 4 is 17.5 Å². The first-order chi connectivity index (χ1) is 11.7. The Hall–Kier alpha value is -3.20. The molecule has 0 aliphatic carbocycles. The Morgan fingerprint density at radius 3 is 2.12 bits per heavy atom. The number of carbonyl (C=O) groups is 3. The summed E-state index contributed by atoms with van der Waals surface area (Å²) < 4.78 is 4.96. The monoisotopic (exact) mass is 338 g/mol. The van der Waals surface area contributed by atoms with Gasteiger partial charge in [0.1, 0.15) is 0 Å². The minimum atomic E-state index is -1.49. The van der Waals surface area contributed by atoms with Crippen LogP contribution in [0, 0.1) is 17.2 Å². The van der Waals surface area contributed by atoms with Crippen LogP contribution in [0.2, 0.25) is 0 Å². The number of rotatable bonds is 5. The van der Waals surface area contributed by atoms with E-state index in [1.54, 1.807) is 6.07 Å². The molecule has 0 fully saturated rings. The molecule has 1 aromatic carbocycles. The zero-order valence-electron chi connectivity index (χ0n) is 14.2. The number of ketones is 2. The summed E-state index contributed by atoms with van der Waals surface area (Å²) in [5.41, 5.74) is 0.184. The molecule has 1 amide bonds. The predicted octanol–water partition coefficient (Wildman–Crippen LogP) is 3.01. The third-order valence-electron chi connectivity index (χ3n) is 3.34. The molecule has 0 bridgehead atoms. The van der Waals surface area contributed by atoms with E-state index in [2.05, 4.69) is 5.32 Å². The normalized spacial score (nSPS) is 12.1. The largest absolute Gasteiger partial charge is 0.461 e. The summed E-state index contributed by atoms with van der Waals surface area (Å²) in [7, 11) is 0. The van der Waals surface area contributed by atoms with Gasteiger partial charge in [0.2, 0.25) is 5.78 Å². The second-order valence-corrected chi connectivity index (χ2v) is 6.55. The van der Waals surface area contributed by atoms with Crippen molar-refractivity contribution in [3.63, 3.8) is 0 Å². The van der Waals surface area contributed by atoms with Crippen LogP contribution in [-0.2, 0) is 0 Å². The van der Waals surface area contributed by atoms with Gasteiger partial charge in [-0.15, -0.1) is 0 Å². The molecule has 1 heterocycles. The molecule has 25 heavy (non-hydrogen) atoms. The topological polar surface area (TPSA) is 100 Å². The van der Waals surface area contributed by atoms with E-state index in [1.807, 2.05) is 20.8 Å². The SMILES string of the molecule is CC(C)(C)NC(=O)c1ccc(C(=O)C(C#N)C(=O)c2ccco2)cc1. The van der Waals surface area contributed by atoms with Crippen molar-refractivity contribution < 1.29 is 18.8 Å². The predicted molar refractivity (Wildman–Crippen MR) is 90.1 cm³/mol. The molecule has 1 unspecified atom stereocenters. The number of Topliss-reactive ketones (excluding diaryl/α,β-unsaturated/α-hetero) is 2. The molecular formula is C19H18N2O4. The molecule has 1 aromatic heterocycles. The lowest BCUT2D eigenvalue weighted by Gasteiger charge is -2.20. The van der Waals surface area contributed by atoms with Crippen molar-refractivity contribution in [2.75, 3.05) is 0 Å². The third kappa shape index (κ3) is 4.42. The highest BCUT2D eigenvalue weighted by molar-refractivity contribution is 6.17. The van der Waals surface area contributed by atoms with E-state index in [0.717, 1.165) is 0 Å². The van der Waals surface area contributed by atoms with Gasteiger partial charge in [-0.05, 0) is 45.0 Å². The van der Waals surface area contributed by atoms with Crippen LogP contribution in [0.25, 0.3) is 0 Å². The van der Waals surface area contributed by atoms with E-state index in [1.165, 1.54) is 42.7 Å². The molecule has 0 aliphatic heterocycles. The fraction of sp³-hybridized carbons (Fsp3) is 0.263. The maximum atomic E-state index is 12.4. The fourth-order valence-electron chi connectivity index (χ4n) is 2.16. The van der Waals surface area contributed by atoms with Crippen molar-refractivity contribution in [3.05, 3.63) is 59.5 Å². The lowest BCUT2D eigenvalue weighted by Crippen LogP contribution is -2.40. The van der Waals surface area contributed by atoms with E-state index in [0.29, 0.717) is 5.56 Å². The molecule has 0 saturated heterocycles. The van der Waals surface area contributed by atoms with Crippen molar-refractivity contribution in [1.29, 1.82) is 5.26 Å². The summed E-state index contributed by atoms with van der Waals surface area (Å²) in [6, 6.07) is 10.5. The molecule has 0 aliphatic rings. The molecule has 0 saturated carbocycles. The van der Waals surface area contributed by atoms with Gasteiger partial charge >= 0.3 is 0 Å². The van der Waals surface area contributed by atoms with E-state index >= 15 is 0 Å². The molecular weight excluding hydrogens is 320 g/mol.